The monoisotopic (exact) mass is 246 g/mol. The van der Waals surface area contributed by atoms with Crippen molar-refractivity contribution < 1.29 is 19.1 Å². The molecule has 1 fully saturated rings. The summed E-state index contributed by atoms with van der Waals surface area (Å²) in [6, 6.07) is 3.83. The molecule has 0 aliphatic heterocycles. The molecule has 1 saturated carbocycles. The van der Waals surface area contributed by atoms with Gasteiger partial charge in [0.05, 0.1) is 7.11 Å². The minimum Gasteiger partial charge on any atom is -0.493 e. The minimum absolute atomic E-state index is 0.0661. The highest BCUT2D eigenvalue weighted by Crippen LogP contribution is 2.47. The zero-order valence-electron chi connectivity index (χ0n) is 10.3. The molecule has 0 spiro atoms. The van der Waals surface area contributed by atoms with Gasteiger partial charge in [-0.25, -0.2) is 4.79 Å². The smallest absolute Gasteiger partial charge is 0.372 e. The number of hydrogen-bond acceptors (Lipinski definition) is 3. The Labute approximate surface area is 104 Å². The molecule has 0 unspecified atom stereocenters. The normalized spacial score (nSPS) is 15.0. The molecule has 1 aliphatic rings. The van der Waals surface area contributed by atoms with Gasteiger partial charge in [0, 0.05) is 10.9 Å². The van der Waals surface area contributed by atoms with Crippen LogP contribution in [0.4, 0.5) is 0 Å². The van der Waals surface area contributed by atoms with Gasteiger partial charge in [0.15, 0.2) is 11.3 Å². The highest BCUT2D eigenvalue weighted by atomic mass is 16.5. The van der Waals surface area contributed by atoms with Crippen LogP contribution in [0.3, 0.4) is 0 Å². The molecule has 0 amide bonds. The van der Waals surface area contributed by atoms with E-state index >= 15 is 0 Å². The summed E-state index contributed by atoms with van der Waals surface area (Å²) in [4.78, 5) is 11.3. The van der Waals surface area contributed by atoms with E-state index in [1.165, 1.54) is 0 Å². The Morgan fingerprint density at radius 2 is 2.17 bits per heavy atom. The van der Waals surface area contributed by atoms with Gasteiger partial charge in [0.25, 0.3) is 0 Å². The van der Waals surface area contributed by atoms with Gasteiger partial charge < -0.3 is 14.3 Å². The Hall–Kier alpha value is -1.97. The number of aromatic carboxylic acids is 1. The van der Waals surface area contributed by atoms with E-state index in [1.807, 2.05) is 19.1 Å². The van der Waals surface area contributed by atoms with Crippen molar-refractivity contribution in [1.82, 2.24) is 0 Å². The number of carbonyl (C=O) groups is 1. The fourth-order valence-electron chi connectivity index (χ4n) is 2.41. The van der Waals surface area contributed by atoms with Crippen molar-refractivity contribution in [2.24, 2.45) is 0 Å². The second-order valence-electron chi connectivity index (χ2n) is 4.77. The summed E-state index contributed by atoms with van der Waals surface area (Å²) < 4.78 is 10.8. The fraction of sp³-hybridized carbons (Fsp3) is 0.357. The maximum atomic E-state index is 11.3. The van der Waals surface area contributed by atoms with Crippen LogP contribution < -0.4 is 4.74 Å². The summed E-state index contributed by atoms with van der Waals surface area (Å²) in [5, 5.41) is 10.1. The van der Waals surface area contributed by atoms with Gasteiger partial charge >= 0.3 is 5.97 Å². The molecule has 18 heavy (non-hydrogen) atoms. The molecule has 3 rings (SSSR count). The average molecular weight is 246 g/mol. The first-order valence-electron chi connectivity index (χ1n) is 5.96. The molecule has 1 aromatic heterocycles. The van der Waals surface area contributed by atoms with E-state index in [-0.39, 0.29) is 5.76 Å². The average Bonchev–Trinajstić information content (AvgIpc) is 3.08. The largest absolute Gasteiger partial charge is 0.493 e. The zero-order valence-corrected chi connectivity index (χ0v) is 10.3. The van der Waals surface area contributed by atoms with Crippen molar-refractivity contribution in [1.29, 1.82) is 0 Å². The molecule has 1 aromatic carbocycles. The number of hydrogen-bond donors (Lipinski definition) is 1. The van der Waals surface area contributed by atoms with Crippen LogP contribution in [-0.4, -0.2) is 18.2 Å². The fourth-order valence-corrected chi connectivity index (χ4v) is 2.41. The molecule has 1 heterocycles. The van der Waals surface area contributed by atoms with Crippen molar-refractivity contribution in [2.75, 3.05) is 7.11 Å². The van der Waals surface area contributed by atoms with E-state index in [0.29, 0.717) is 17.3 Å². The van der Waals surface area contributed by atoms with Crippen LogP contribution >= 0.6 is 0 Å². The van der Waals surface area contributed by atoms with Gasteiger partial charge in [-0.15, -0.1) is 0 Å². The van der Waals surface area contributed by atoms with E-state index < -0.39 is 5.97 Å². The Morgan fingerprint density at radius 1 is 1.44 bits per heavy atom. The number of fused-ring (bicyclic) bond motifs is 1. The zero-order chi connectivity index (χ0) is 12.9. The maximum absolute atomic E-state index is 11.3. The van der Waals surface area contributed by atoms with Crippen molar-refractivity contribution in [3.8, 4) is 5.75 Å². The molecule has 94 valence electrons. The molecule has 0 bridgehead atoms. The van der Waals surface area contributed by atoms with Gasteiger partial charge in [-0.2, -0.15) is 0 Å². The quantitative estimate of drug-likeness (QED) is 0.902. The summed E-state index contributed by atoms with van der Waals surface area (Å²) in [5.41, 5.74) is 2.42. The molecule has 1 aliphatic carbocycles. The summed E-state index contributed by atoms with van der Waals surface area (Å²) in [5.74, 6) is -0.0209. The van der Waals surface area contributed by atoms with Crippen LogP contribution in [0.15, 0.2) is 16.5 Å². The van der Waals surface area contributed by atoms with E-state index in [0.717, 1.165) is 29.4 Å². The van der Waals surface area contributed by atoms with Gasteiger partial charge in [-0.3, -0.25) is 0 Å². The predicted molar refractivity (Wildman–Crippen MR) is 66.4 cm³/mol. The lowest BCUT2D eigenvalue weighted by Gasteiger charge is -2.02. The first-order chi connectivity index (χ1) is 8.61. The molecule has 4 heteroatoms. The first kappa shape index (κ1) is 11.1. The lowest BCUT2D eigenvalue weighted by Crippen LogP contribution is -1.97. The van der Waals surface area contributed by atoms with Crippen LogP contribution in [0.1, 0.15) is 40.4 Å². The van der Waals surface area contributed by atoms with Crippen molar-refractivity contribution in [3.05, 3.63) is 29.0 Å². The highest BCUT2D eigenvalue weighted by molar-refractivity contribution is 5.98. The first-order valence-corrected chi connectivity index (χ1v) is 5.96. The van der Waals surface area contributed by atoms with Gasteiger partial charge in [0.1, 0.15) is 0 Å². The molecule has 4 nitrogen and oxygen atoms in total. The summed E-state index contributed by atoms with van der Waals surface area (Å²) in [6.07, 6.45) is 2.07. The summed E-state index contributed by atoms with van der Waals surface area (Å²) in [6.45, 7) is 1.96. The molecule has 1 N–H and O–H groups in total. The van der Waals surface area contributed by atoms with Gasteiger partial charge in [-0.05, 0) is 43.4 Å². The number of rotatable bonds is 3. The third kappa shape index (κ3) is 1.56. The topological polar surface area (TPSA) is 59.7 Å². The van der Waals surface area contributed by atoms with Crippen LogP contribution in [0.2, 0.25) is 0 Å². The third-order valence-electron chi connectivity index (χ3n) is 3.34. The van der Waals surface area contributed by atoms with Gasteiger partial charge in [0.2, 0.25) is 5.76 Å². The van der Waals surface area contributed by atoms with Crippen molar-refractivity contribution in [2.45, 2.75) is 25.7 Å². The summed E-state index contributed by atoms with van der Waals surface area (Å²) >= 11 is 0. The Bertz CT molecular complexity index is 635. The second kappa shape index (κ2) is 3.77. The standard InChI is InChI=1S/C14H14O4/c1-7-5-9-11(8-3-4-8)13(14(15)16)18-12(9)10(6-7)17-2/h5-6,8H,3-4H2,1-2H3,(H,15,16). The van der Waals surface area contributed by atoms with E-state index in [1.54, 1.807) is 7.11 Å². The minimum atomic E-state index is -1.01. The Balaban J connectivity index is 2.36. The third-order valence-corrected chi connectivity index (χ3v) is 3.34. The SMILES string of the molecule is COc1cc(C)cc2c(C3CC3)c(C(=O)O)oc12. The molecule has 0 radical (unpaired) electrons. The Kier molecular flexibility index (Phi) is 2.33. The van der Waals surface area contributed by atoms with Gasteiger partial charge in [-0.1, -0.05) is 0 Å². The lowest BCUT2D eigenvalue weighted by atomic mass is 10.0. The molecular formula is C14H14O4. The number of carboxylic acids is 1. The lowest BCUT2D eigenvalue weighted by molar-refractivity contribution is 0.0663. The number of benzene rings is 1. The van der Waals surface area contributed by atoms with Crippen LogP contribution in [0.25, 0.3) is 11.0 Å². The molecule has 0 saturated heterocycles. The van der Waals surface area contributed by atoms with Crippen molar-refractivity contribution >= 4 is 16.9 Å². The number of methoxy groups -OCH3 is 1. The molecule has 0 atom stereocenters. The van der Waals surface area contributed by atoms with E-state index in [4.69, 9.17) is 9.15 Å². The number of furan rings is 1. The van der Waals surface area contributed by atoms with Crippen LogP contribution in [-0.2, 0) is 0 Å². The van der Waals surface area contributed by atoms with E-state index in [2.05, 4.69) is 0 Å². The van der Waals surface area contributed by atoms with Crippen LogP contribution in [0.5, 0.6) is 5.75 Å². The molecule has 2 aromatic rings. The second-order valence-corrected chi connectivity index (χ2v) is 4.77. The van der Waals surface area contributed by atoms with Crippen LogP contribution in [0, 0.1) is 6.92 Å². The van der Waals surface area contributed by atoms with E-state index in [9.17, 15) is 9.90 Å². The Morgan fingerprint density at radius 3 is 2.72 bits per heavy atom. The number of ether oxygens (including phenoxy) is 1. The number of carboxylic acid groups (broad SMARTS) is 1. The predicted octanol–water partition coefficient (Wildman–Crippen LogP) is 3.33. The maximum Gasteiger partial charge on any atom is 0.372 e. The highest BCUT2D eigenvalue weighted by Gasteiger charge is 2.34. The summed E-state index contributed by atoms with van der Waals surface area (Å²) in [7, 11) is 1.56. The molecular weight excluding hydrogens is 232 g/mol. The van der Waals surface area contributed by atoms with Crippen molar-refractivity contribution in [3.63, 3.8) is 0 Å². The number of aryl methyl sites for hydroxylation is 1.